The summed E-state index contributed by atoms with van der Waals surface area (Å²) in [5.74, 6) is 1.34. The van der Waals surface area contributed by atoms with E-state index < -0.39 is 5.97 Å². The molecule has 0 unspecified atom stereocenters. The quantitative estimate of drug-likeness (QED) is 0.570. The van der Waals surface area contributed by atoms with Crippen LogP contribution in [0.25, 0.3) is 0 Å². The van der Waals surface area contributed by atoms with Gasteiger partial charge < -0.3 is 23.8 Å². The Balaban J connectivity index is 2.14. The van der Waals surface area contributed by atoms with Crippen molar-refractivity contribution in [2.45, 2.75) is 19.4 Å². The largest absolute Gasteiger partial charge is 0.497 e. The molecule has 0 bridgehead atoms. The number of benzene rings is 2. The van der Waals surface area contributed by atoms with Crippen molar-refractivity contribution in [2.75, 3.05) is 35.0 Å². The van der Waals surface area contributed by atoms with Gasteiger partial charge in [0.15, 0.2) is 0 Å². The fraction of sp³-hybridized carbons (Fsp3) is 0.364. The molecule has 0 aliphatic rings. The lowest BCUT2D eigenvalue weighted by Gasteiger charge is -2.22. The van der Waals surface area contributed by atoms with Crippen molar-refractivity contribution in [3.05, 3.63) is 53.6 Å². The van der Waals surface area contributed by atoms with Crippen molar-refractivity contribution in [3.63, 3.8) is 0 Å². The Labute approximate surface area is 171 Å². The second-order valence-electron chi connectivity index (χ2n) is 6.40. The Morgan fingerprint density at radius 2 is 1.45 bits per heavy atom. The maximum Gasteiger partial charge on any atom is 0.325 e. The molecule has 2 rings (SSSR count). The summed E-state index contributed by atoms with van der Waals surface area (Å²) in [5.41, 5.74) is 1.78. The SMILES string of the molecule is COC(=O)CN(Cc1cc(OC)cc(OC)c1)C(=O)CCc1cccc(OC)c1. The topological polar surface area (TPSA) is 74.3 Å². The summed E-state index contributed by atoms with van der Waals surface area (Å²) in [6, 6.07) is 12.9. The highest BCUT2D eigenvalue weighted by atomic mass is 16.5. The number of amides is 1. The number of hydrogen-bond donors (Lipinski definition) is 0. The van der Waals surface area contributed by atoms with Gasteiger partial charge in [-0.1, -0.05) is 12.1 Å². The standard InChI is InChI=1S/C22H27NO6/c1-26-18-7-5-6-16(10-18)8-9-21(24)23(15-22(25)29-4)14-17-11-19(27-2)13-20(12-17)28-3/h5-7,10-13H,8-9,14-15H2,1-4H3. The lowest BCUT2D eigenvalue weighted by atomic mass is 10.1. The molecule has 2 aromatic rings. The van der Waals surface area contributed by atoms with Crippen LogP contribution in [0, 0.1) is 0 Å². The molecule has 0 aliphatic carbocycles. The number of carbonyl (C=O) groups is 2. The van der Waals surface area contributed by atoms with Gasteiger partial charge in [-0.05, 0) is 41.8 Å². The molecule has 0 saturated carbocycles. The average Bonchev–Trinajstić information content (AvgIpc) is 2.76. The summed E-state index contributed by atoms with van der Waals surface area (Å²) in [7, 11) is 6.02. The van der Waals surface area contributed by atoms with Gasteiger partial charge in [-0.25, -0.2) is 0 Å². The van der Waals surface area contributed by atoms with Gasteiger partial charge in [0, 0.05) is 19.0 Å². The molecule has 0 radical (unpaired) electrons. The van der Waals surface area contributed by atoms with Crippen molar-refractivity contribution in [2.24, 2.45) is 0 Å². The van der Waals surface area contributed by atoms with Crippen LogP contribution < -0.4 is 14.2 Å². The number of rotatable bonds is 10. The van der Waals surface area contributed by atoms with Crippen LogP contribution in [0.1, 0.15) is 17.5 Å². The fourth-order valence-electron chi connectivity index (χ4n) is 2.87. The molecule has 0 aromatic heterocycles. The number of nitrogens with zero attached hydrogens (tertiary/aromatic N) is 1. The van der Waals surface area contributed by atoms with Crippen LogP contribution in [0.15, 0.2) is 42.5 Å². The van der Waals surface area contributed by atoms with Gasteiger partial charge in [0.1, 0.15) is 23.8 Å². The smallest absolute Gasteiger partial charge is 0.325 e. The minimum Gasteiger partial charge on any atom is -0.497 e. The molecule has 0 fully saturated rings. The van der Waals surface area contributed by atoms with Crippen LogP contribution in [0.5, 0.6) is 17.2 Å². The van der Waals surface area contributed by atoms with Crippen LogP contribution in [0.4, 0.5) is 0 Å². The molecule has 0 spiro atoms. The maximum atomic E-state index is 12.9. The van der Waals surface area contributed by atoms with Gasteiger partial charge in [-0.3, -0.25) is 9.59 Å². The van der Waals surface area contributed by atoms with Gasteiger partial charge >= 0.3 is 5.97 Å². The third kappa shape index (κ3) is 6.71. The first kappa shape index (κ1) is 22.1. The van der Waals surface area contributed by atoms with E-state index in [2.05, 4.69) is 0 Å². The molecule has 156 valence electrons. The maximum absolute atomic E-state index is 12.9. The third-order valence-electron chi connectivity index (χ3n) is 4.45. The lowest BCUT2D eigenvalue weighted by Crippen LogP contribution is -2.35. The molecule has 2 aromatic carbocycles. The predicted molar refractivity (Wildman–Crippen MR) is 108 cm³/mol. The summed E-state index contributed by atoms with van der Waals surface area (Å²) in [5, 5.41) is 0. The fourth-order valence-corrected chi connectivity index (χ4v) is 2.87. The molecule has 0 N–H and O–H groups in total. The average molecular weight is 401 g/mol. The summed E-state index contributed by atoms with van der Waals surface area (Å²) in [4.78, 5) is 26.2. The van der Waals surface area contributed by atoms with Crippen LogP contribution >= 0.6 is 0 Å². The summed E-state index contributed by atoms with van der Waals surface area (Å²) in [6.45, 7) is 0.104. The first-order chi connectivity index (χ1) is 14.0. The van der Waals surface area contributed by atoms with Crippen LogP contribution in [-0.2, 0) is 27.3 Å². The molecule has 0 saturated heterocycles. The third-order valence-corrected chi connectivity index (χ3v) is 4.45. The minimum absolute atomic E-state index is 0.132. The number of esters is 1. The molecule has 0 heterocycles. The normalized spacial score (nSPS) is 10.2. The highest BCUT2D eigenvalue weighted by Gasteiger charge is 2.19. The van der Waals surface area contributed by atoms with E-state index in [1.54, 1.807) is 27.4 Å². The van der Waals surface area contributed by atoms with E-state index in [-0.39, 0.29) is 25.4 Å². The molecular weight excluding hydrogens is 374 g/mol. The minimum atomic E-state index is -0.477. The highest BCUT2D eigenvalue weighted by molar-refractivity contribution is 5.82. The van der Waals surface area contributed by atoms with Gasteiger partial charge in [-0.2, -0.15) is 0 Å². The Bertz CT molecular complexity index is 814. The summed E-state index contributed by atoms with van der Waals surface area (Å²) >= 11 is 0. The second-order valence-corrected chi connectivity index (χ2v) is 6.40. The summed E-state index contributed by atoms with van der Waals surface area (Å²) in [6.07, 6.45) is 0.792. The monoisotopic (exact) mass is 401 g/mol. The van der Waals surface area contributed by atoms with Crippen molar-refractivity contribution in [1.82, 2.24) is 4.90 Å². The zero-order valence-corrected chi connectivity index (χ0v) is 17.3. The molecule has 7 heteroatoms. The first-order valence-electron chi connectivity index (χ1n) is 9.18. The molecule has 1 amide bonds. The zero-order chi connectivity index (χ0) is 21.2. The van der Waals surface area contributed by atoms with E-state index in [0.717, 1.165) is 16.9 Å². The van der Waals surface area contributed by atoms with Crippen LogP contribution in [0.3, 0.4) is 0 Å². The first-order valence-corrected chi connectivity index (χ1v) is 9.18. The number of aryl methyl sites for hydroxylation is 1. The molecule has 0 atom stereocenters. The van der Waals surface area contributed by atoms with E-state index in [4.69, 9.17) is 18.9 Å². The predicted octanol–water partition coefficient (Wildman–Crippen LogP) is 2.85. The Morgan fingerprint density at radius 3 is 2.03 bits per heavy atom. The van der Waals surface area contributed by atoms with Gasteiger partial charge in [0.25, 0.3) is 0 Å². The zero-order valence-electron chi connectivity index (χ0n) is 17.3. The molecular formula is C22H27NO6. The summed E-state index contributed by atoms with van der Waals surface area (Å²) < 4.78 is 20.5. The number of hydrogen-bond acceptors (Lipinski definition) is 6. The van der Waals surface area contributed by atoms with Crippen LogP contribution in [0.2, 0.25) is 0 Å². The molecule has 7 nitrogen and oxygen atoms in total. The van der Waals surface area contributed by atoms with Crippen LogP contribution in [-0.4, -0.2) is 51.8 Å². The Hall–Kier alpha value is -3.22. The molecule has 29 heavy (non-hydrogen) atoms. The Morgan fingerprint density at radius 1 is 0.828 bits per heavy atom. The van der Waals surface area contributed by atoms with E-state index >= 15 is 0 Å². The van der Waals surface area contributed by atoms with Crippen molar-refractivity contribution in [1.29, 1.82) is 0 Å². The van der Waals surface area contributed by atoms with Gasteiger partial charge in [0.2, 0.25) is 5.91 Å². The second kappa shape index (κ2) is 10.9. The van der Waals surface area contributed by atoms with Crippen molar-refractivity contribution in [3.8, 4) is 17.2 Å². The van der Waals surface area contributed by atoms with Crippen molar-refractivity contribution < 1.29 is 28.5 Å². The highest BCUT2D eigenvalue weighted by Crippen LogP contribution is 2.24. The number of methoxy groups -OCH3 is 4. The van der Waals surface area contributed by atoms with E-state index in [1.165, 1.54) is 12.0 Å². The Kier molecular flexibility index (Phi) is 8.33. The molecule has 0 aliphatic heterocycles. The number of carbonyl (C=O) groups excluding carboxylic acids is 2. The lowest BCUT2D eigenvalue weighted by molar-refractivity contribution is -0.147. The number of ether oxygens (including phenoxy) is 4. The van der Waals surface area contributed by atoms with Gasteiger partial charge in [-0.15, -0.1) is 0 Å². The van der Waals surface area contributed by atoms with Gasteiger partial charge in [0.05, 0.1) is 28.4 Å². The van der Waals surface area contributed by atoms with Crippen molar-refractivity contribution >= 4 is 11.9 Å². The van der Waals surface area contributed by atoms with E-state index in [1.807, 2.05) is 36.4 Å². The van der Waals surface area contributed by atoms with E-state index in [9.17, 15) is 9.59 Å². The van der Waals surface area contributed by atoms with E-state index in [0.29, 0.717) is 17.9 Å².